The Kier molecular flexibility index (Phi) is 6.61. The molecule has 10 heteroatoms. The number of hydrogen-bond acceptors (Lipinski definition) is 6. The van der Waals surface area contributed by atoms with Gasteiger partial charge in [-0.15, -0.1) is 0 Å². The molecule has 3 aromatic carbocycles. The van der Waals surface area contributed by atoms with Gasteiger partial charge in [-0.05, 0) is 51.3 Å². The molecule has 8 nitrogen and oxygen atoms in total. The van der Waals surface area contributed by atoms with E-state index in [-0.39, 0.29) is 12.7 Å². The van der Waals surface area contributed by atoms with Crippen LogP contribution in [0.4, 0.5) is 5.82 Å². The van der Waals surface area contributed by atoms with Gasteiger partial charge in [0.15, 0.2) is 17.1 Å². The largest absolute Gasteiger partial charge is 0.454 e. The van der Waals surface area contributed by atoms with Gasteiger partial charge in [0.25, 0.3) is 5.91 Å². The molecule has 0 radical (unpaired) electrons. The molecule has 2 N–H and O–H groups in total. The first-order valence-corrected chi connectivity index (χ1v) is 13.0. The predicted octanol–water partition coefficient (Wildman–Crippen LogP) is 6.08. The van der Waals surface area contributed by atoms with Crippen molar-refractivity contribution in [1.29, 1.82) is 0 Å². The molecule has 0 fully saturated rings. The highest BCUT2D eigenvalue weighted by Crippen LogP contribution is 2.33. The van der Waals surface area contributed by atoms with E-state index in [1.54, 1.807) is 28.9 Å². The quantitative estimate of drug-likeness (QED) is 0.239. The summed E-state index contributed by atoms with van der Waals surface area (Å²) in [6.07, 6.45) is 1.72. The minimum Gasteiger partial charge on any atom is -0.454 e. The molecule has 6 rings (SSSR count). The summed E-state index contributed by atoms with van der Waals surface area (Å²) in [7, 11) is 0. The SMILES string of the molecule is O=C(NCc1ccc(CNc2cc(-c3ccccc3Cl)nc3c(Br)cnn23)cc1)c1ccc2c(c1)OCO2. The maximum Gasteiger partial charge on any atom is 0.251 e. The standard InChI is InChI=1S/C28H21BrClN5O3/c29-21-15-33-35-26(12-23(34-27(21)35)20-3-1-2-4-22(20)30)31-13-17-5-7-18(8-6-17)14-32-28(36)19-9-10-24-25(11-19)38-16-37-24/h1-12,15,31H,13-14,16H2,(H,32,36). The highest BCUT2D eigenvalue weighted by atomic mass is 79.9. The number of hydrogen-bond donors (Lipinski definition) is 2. The fourth-order valence-electron chi connectivity index (χ4n) is 4.16. The highest BCUT2D eigenvalue weighted by Gasteiger charge is 2.16. The molecule has 3 heterocycles. The van der Waals surface area contributed by atoms with Crippen molar-refractivity contribution in [2.24, 2.45) is 0 Å². The normalized spacial score (nSPS) is 12.1. The van der Waals surface area contributed by atoms with Gasteiger partial charge in [-0.1, -0.05) is 54.1 Å². The maximum absolute atomic E-state index is 12.6. The molecule has 1 aliphatic rings. The summed E-state index contributed by atoms with van der Waals surface area (Å²) in [4.78, 5) is 17.3. The Labute approximate surface area is 231 Å². The summed E-state index contributed by atoms with van der Waals surface area (Å²) >= 11 is 9.97. The molecule has 0 atom stereocenters. The number of carbonyl (C=O) groups is 1. The number of ether oxygens (including phenoxy) is 2. The lowest BCUT2D eigenvalue weighted by atomic mass is 10.1. The summed E-state index contributed by atoms with van der Waals surface area (Å²) in [5.74, 6) is 1.85. The maximum atomic E-state index is 12.6. The zero-order valence-corrected chi connectivity index (χ0v) is 22.3. The lowest BCUT2D eigenvalue weighted by Crippen LogP contribution is -2.22. The van der Waals surface area contributed by atoms with E-state index in [9.17, 15) is 4.79 Å². The van der Waals surface area contributed by atoms with E-state index < -0.39 is 0 Å². The summed E-state index contributed by atoms with van der Waals surface area (Å²) < 4.78 is 13.2. The highest BCUT2D eigenvalue weighted by molar-refractivity contribution is 9.10. The number of carbonyl (C=O) groups excluding carboxylic acids is 1. The first-order valence-electron chi connectivity index (χ1n) is 11.8. The molecule has 5 aromatic rings. The number of anilines is 1. The van der Waals surface area contributed by atoms with Crippen molar-refractivity contribution in [2.75, 3.05) is 12.1 Å². The number of nitrogens with zero attached hydrogens (tertiary/aromatic N) is 3. The average Bonchev–Trinajstić information content (AvgIpc) is 3.57. The molecule has 0 aliphatic carbocycles. The van der Waals surface area contributed by atoms with Crippen molar-refractivity contribution in [1.82, 2.24) is 19.9 Å². The number of aromatic nitrogens is 3. The lowest BCUT2D eigenvalue weighted by molar-refractivity contribution is 0.0950. The van der Waals surface area contributed by atoms with E-state index in [4.69, 9.17) is 26.1 Å². The third-order valence-electron chi connectivity index (χ3n) is 6.16. The monoisotopic (exact) mass is 589 g/mol. The molecule has 38 heavy (non-hydrogen) atoms. The van der Waals surface area contributed by atoms with Crippen LogP contribution in [0.2, 0.25) is 5.02 Å². The molecule has 0 bridgehead atoms. The summed E-state index contributed by atoms with van der Waals surface area (Å²) in [5.41, 5.74) is 4.89. The Bertz CT molecular complexity index is 1650. The van der Waals surface area contributed by atoms with Crippen LogP contribution in [0.5, 0.6) is 11.5 Å². The molecule has 1 aliphatic heterocycles. The van der Waals surface area contributed by atoms with E-state index in [0.717, 1.165) is 32.7 Å². The average molecular weight is 591 g/mol. The van der Waals surface area contributed by atoms with Crippen LogP contribution in [0.15, 0.2) is 83.5 Å². The van der Waals surface area contributed by atoms with Gasteiger partial charge in [-0.25, -0.2) is 4.98 Å². The van der Waals surface area contributed by atoms with Crippen molar-refractivity contribution in [2.45, 2.75) is 13.1 Å². The second-order valence-corrected chi connectivity index (χ2v) is 9.92. The zero-order valence-electron chi connectivity index (χ0n) is 19.9. The molecule has 1 amide bonds. The van der Waals surface area contributed by atoms with Gasteiger partial charge >= 0.3 is 0 Å². The van der Waals surface area contributed by atoms with Crippen LogP contribution in [-0.2, 0) is 13.1 Å². The fraction of sp³-hybridized carbons (Fsp3) is 0.107. The molecule has 0 saturated heterocycles. The lowest BCUT2D eigenvalue weighted by Gasteiger charge is -2.12. The predicted molar refractivity (Wildman–Crippen MR) is 149 cm³/mol. The van der Waals surface area contributed by atoms with Gasteiger partial charge < -0.3 is 20.1 Å². The Morgan fingerprint density at radius 3 is 2.55 bits per heavy atom. The topological polar surface area (TPSA) is 89.8 Å². The first kappa shape index (κ1) is 24.3. The number of benzene rings is 3. The van der Waals surface area contributed by atoms with Gasteiger partial charge in [0.1, 0.15) is 5.82 Å². The Morgan fingerprint density at radius 1 is 0.974 bits per heavy atom. The third-order valence-corrected chi connectivity index (χ3v) is 7.05. The summed E-state index contributed by atoms with van der Waals surface area (Å²) in [5, 5.41) is 11.5. The zero-order chi connectivity index (χ0) is 26.1. The van der Waals surface area contributed by atoms with Crippen LogP contribution in [-0.4, -0.2) is 27.3 Å². The Hall–Kier alpha value is -4.08. The smallest absolute Gasteiger partial charge is 0.251 e. The number of amides is 1. The Morgan fingerprint density at radius 2 is 1.74 bits per heavy atom. The summed E-state index contributed by atoms with van der Waals surface area (Å²) in [6, 6.07) is 22.8. The molecule has 0 unspecified atom stereocenters. The van der Waals surface area contributed by atoms with Gasteiger partial charge in [-0.2, -0.15) is 9.61 Å². The van der Waals surface area contributed by atoms with E-state index in [1.807, 2.05) is 54.6 Å². The van der Waals surface area contributed by atoms with E-state index >= 15 is 0 Å². The van der Waals surface area contributed by atoms with Gasteiger partial charge in [0.05, 0.1) is 16.4 Å². The minimum atomic E-state index is -0.171. The Balaban J connectivity index is 1.13. The second-order valence-electron chi connectivity index (χ2n) is 8.66. The van der Waals surface area contributed by atoms with Crippen LogP contribution >= 0.6 is 27.5 Å². The number of rotatable bonds is 7. The van der Waals surface area contributed by atoms with Crippen LogP contribution in [0, 0.1) is 0 Å². The molecule has 2 aromatic heterocycles. The van der Waals surface area contributed by atoms with Gasteiger partial charge in [0, 0.05) is 35.3 Å². The number of halogens is 2. The van der Waals surface area contributed by atoms with Crippen LogP contribution in [0.25, 0.3) is 16.9 Å². The van der Waals surface area contributed by atoms with Crippen LogP contribution in [0.1, 0.15) is 21.5 Å². The van der Waals surface area contributed by atoms with E-state index in [2.05, 4.69) is 31.7 Å². The second kappa shape index (κ2) is 10.4. The number of fused-ring (bicyclic) bond motifs is 2. The van der Waals surface area contributed by atoms with Crippen molar-refractivity contribution < 1.29 is 14.3 Å². The molecular formula is C28H21BrClN5O3. The number of nitrogens with one attached hydrogen (secondary N) is 2. The fourth-order valence-corrected chi connectivity index (χ4v) is 4.74. The minimum absolute atomic E-state index is 0.171. The van der Waals surface area contributed by atoms with Crippen molar-refractivity contribution in [3.63, 3.8) is 0 Å². The third kappa shape index (κ3) is 4.90. The van der Waals surface area contributed by atoms with Gasteiger partial charge in [-0.3, -0.25) is 4.79 Å². The molecule has 0 saturated carbocycles. The van der Waals surface area contributed by atoms with Crippen LogP contribution in [0.3, 0.4) is 0 Å². The van der Waals surface area contributed by atoms with E-state index in [0.29, 0.717) is 40.8 Å². The van der Waals surface area contributed by atoms with Crippen LogP contribution < -0.4 is 20.1 Å². The molecular weight excluding hydrogens is 570 g/mol. The summed E-state index contributed by atoms with van der Waals surface area (Å²) in [6.45, 7) is 1.16. The van der Waals surface area contributed by atoms with Crippen molar-refractivity contribution in [3.8, 4) is 22.8 Å². The van der Waals surface area contributed by atoms with Gasteiger partial charge in [0.2, 0.25) is 6.79 Å². The first-order chi connectivity index (χ1) is 18.5. The molecule has 190 valence electrons. The van der Waals surface area contributed by atoms with Crippen molar-refractivity contribution >= 4 is 44.9 Å². The van der Waals surface area contributed by atoms with Crippen molar-refractivity contribution in [3.05, 3.63) is 105 Å². The molecule has 0 spiro atoms. The van der Waals surface area contributed by atoms with E-state index in [1.165, 1.54) is 0 Å².